The van der Waals surface area contributed by atoms with Crippen LogP contribution >= 0.6 is 0 Å². The molecule has 0 unspecified atom stereocenters. The molecule has 3 rings (SSSR count). The van der Waals surface area contributed by atoms with Crippen LogP contribution in [-0.2, 0) is 4.79 Å². The normalized spacial score (nSPS) is 33.3. The second-order valence-corrected chi connectivity index (χ2v) is 6.41. The SMILES string of the molecule is CCC(=O)N1[C@H]2CC[C@H]1CN(CC1CCCC1)C2. The van der Waals surface area contributed by atoms with Crippen LogP contribution in [0.4, 0.5) is 0 Å². The largest absolute Gasteiger partial charge is 0.334 e. The van der Waals surface area contributed by atoms with Crippen molar-refractivity contribution in [1.82, 2.24) is 9.80 Å². The van der Waals surface area contributed by atoms with Crippen LogP contribution in [0.5, 0.6) is 0 Å². The van der Waals surface area contributed by atoms with Gasteiger partial charge in [0.2, 0.25) is 5.91 Å². The van der Waals surface area contributed by atoms with Crippen molar-refractivity contribution >= 4 is 5.91 Å². The summed E-state index contributed by atoms with van der Waals surface area (Å²) < 4.78 is 0. The number of hydrogen-bond donors (Lipinski definition) is 0. The van der Waals surface area contributed by atoms with E-state index >= 15 is 0 Å². The van der Waals surface area contributed by atoms with E-state index in [1.165, 1.54) is 45.1 Å². The summed E-state index contributed by atoms with van der Waals surface area (Å²) in [5.74, 6) is 1.32. The summed E-state index contributed by atoms with van der Waals surface area (Å²) in [6.07, 6.45) is 8.88. The highest BCUT2D eigenvalue weighted by atomic mass is 16.2. The molecule has 2 heterocycles. The zero-order chi connectivity index (χ0) is 12.5. The molecule has 3 aliphatic rings. The van der Waals surface area contributed by atoms with Crippen molar-refractivity contribution in [2.75, 3.05) is 19.6 Å². The van der Waals surface area contributed by atoms with E-state index < -0.39 is 0 Å². The monoisotopic (exact) mass is 250 g/mol. The number of carbonyl (C=O) groups is 1. The summed E-state index contributed by atoms with van der Waals surface area (Å²) in [6, 6.07) is 1.05. The summed E-state index contributed by atoms with van der Waals surface area (Å²) in [7, 11) is 0. The summed E-state index contributed by atoms with van der Waals surface area (Å²) >= 11 is 0. The maximum Gasteiger partial charge on any atom is 0.222 e. The van der Waals surface area contributed by atoms with Gasteiger partial charge in [-0.2, -0.15) is 0 Å². The Labute approximate surface area is 111 Å². The molecule has 1 aliphatic carbocycles. The van der Waals surface area contributed by atoms with Gasteiger partial charge in [0.1, 0.15) is 0 Å². The number of rotatable bonds is 3. The van der Waals surface area contributed by atoms with Crippen LogP contribution in [0.2, 0.25) is 0 Å². The molecule has 2 saturated heterocycles. The predicted octanol–water partition coefficient (Wildman–Crippen LogP) is 2.26. The predicted molar refractivity (Wildman–Crippen MR) is 72.3 cm³/mol. The maximum atomic E-state index is 12.0. The van der Waals surface area contributed by atoms with Gasteiger partial charge >= 0.3 is 0 Å². The first-order chi connectivity index (χ1) is 8.78. The molecule has 3 fully saturated rings. The van der Waals surface area contributed by atoms with Crippen molar-refractivity contribution < 1.29 is 4.79 Å². The molecule has 1 amide bonds. The van der Waals surface area contributed by atoms with E-state index in [0.717, 1.165) is 19.0 Å². The Morgan fingerprint density at radius 1 is 1.06 bits per heavy atom. The van der Waals surface area contributed by atoms with Gasteiger partial charge < -0.3 is 4.90 Å². The van der Waals surface area contributed by atoms with Gasteiger partial charge in [-0.25, -0.2) is 0 Å². The van der Waals surface area contributed by atoms with E-state index in [1.54, 1.807) is 0 Å². The molecule has 3 nitrogen and oxygen atoms in total. The molecule has 1 saturated carbocycles. The number of piperazine rings is 1. The van der Waals surface area contributed by atoms with E-state index in [0.29, 0.717) is 24.4 Å². The van der Waals surface area contributed by atoms with E-state index in [4.69, 9.17) is 0 Å². The summed E-state index contributed by atoms with van der Waals surface area (Å²) in [5, 5.41) is 0. The van der Waals surface area contributed by atoms with E-state index in [-0.39, 0.29) is 0 Å². The fourth-order valence-corrected chi connectivity index (χ4v) is 4.29. The topological polar surface area (TPSA) is 23.6 Å². The average molecular weight is 250 g/mol. The van der Waals surface area contributed by atoms with Crippen LogP contribution in [0.1, 0.15) is 51.9 Å². The highest BCUT2D eigenvalue weighted by Gasteiger charge is 2.42. The van der Waals surface area contributed by atoms with Gasteiger partial charge in [-0.05, 0) is 31.6 Å². The van der Waals surface area contributed by atoms with Crippen molar-refractivity contribution in [2.45, 2.75) is 64.0 Å². The van der Waals surface area contributed by atoms with Gasteiger partial charge in [-0.1, -0.05) is 19.8 Å². The number of hydrogen-bond acceptors (Lipinski definition) is 2. The fourth-order valence-electron chi connectivity index (χ4n) is 4.29. The lowest BCUT2D eigenvalue weighted by Crippen LogP contribution is -2.56. The molecule has 0 aromatic heterocycles. The second-order valence-electron chi connectivity index (χ2n) is 6.41. The molecule has 102 valence electrons. The summed E-state index contributed by atoms with van der Waals surface area (Å²) in [5.41, 5.74) is 0. The molecule has 0 aromatic carbocycles. The number of carbonyl (C=O) groups excluding carboxylic acids is 1. The van der Waals surface area contributed by atoms with Crippen molar-refractivity contribution in [2.24, 2.45) is 5.92 Å². The summed E-state index contributed by atoms with van der Waals surface area (Å²) in [6.45, 7) is 5.56. The quantitative estimate of drug-likeness (QED) is 0.767. The van der Waals surface area contributed by atoms with Gasteiger partial charge in [0, 0.05) is 38.1 Å². The lowest BCUT2D eigenvalue weighted by molar-refractivity contribution is -0.136. The molecule has 0 radical (unpaired) electrons. The molecule has 2 aliphatic heterocycles. The smallest absolute Gasteiger partial charge is 0.222 e. The minimum Gasteiger partial charge on any atom is -0.334 e. The Morgan fingerprint density at radius 3 is 2.22 bits per heavy atom. The van der Waals surface area contributed by atoms with Gasteiger partial charge in [0.25, 0.3) is 0 Å². The lowest BCUT2D eigenvalue weighted by atomic mass is 10.1. The van der Waals surface area contributed by atoms with Crippen LogP contribution in [0, 0.1) is 5.92 Å². The van der Waals surface area contributed by atoms with Gasteiger partial charge in [-0.3, -0.25) is 9.69 Å². The van der Waals surface area contributed by atoms with E-state index in [1.807, 2.05) is 6.92 Å². The zero-order valence-corrected chi connectivity index (χ0v) is 11.6. The Morgan fingerprint density at radius 2 is 1.67 bits per heavy atom. The molecule has 0 spiro atoms. The first-order valence-electron chi connectivity index (χ1n) is 7.81. The molecular formula is C15H26N2O. The van der Waals surface area contributed by atoms with Crippen molar-refractivity contribution in [3.8, 4) is 0 Å². The minimum atomic E-state index is 0.378. The van der Waals surface area contributed by atoms with E-state index in [2.05, 4.69) is 9.80 Å². The average Bonchev–Trinajstić information content (AvgIpc) is 2.95. The number of fused-ring (bicyclic) bond motifs is 2. The standard InChI is InChI=1S/C15H26N2O/c1-2-15(18)17-13-7-8-14(17)11-16(10-13)9-12-5-3-4-6-12/h12-14H,2-11H2,1H3/t13-,14-/m0/s1. The molecule has 2 bridgehead atoms. The van der Waals surface area contributed by atoms with Crippen molar-refractivity contribution in [3.05, 3.63) is 0 Å². The van der Waals surface area contributed by atoms with Crippen molar-refractivity contribution in [1.29, 1.82) is 0 Å². The Kier molecular flexibility index (Phi) is 3.60. The van der Waals surface area contributed by atoms with Crippen LogP contribution in [0.25, 0.3) is 0 Å². The Balaban J connectivity index is 1.58. The lowest BCUT2D eigenvalue weighted by Gasteiger charge is -2.42. The number of likely N-dealkylation sites (tertiary alicyclic amines) is 1. The third-order valence-electron chi connectivity index (χ3n) is 5.14. The van der Waals surface area contributed by atoms with Crippen molar-refractivity contribution in [3.63, 3.8) is 0 Å². The molecule has 0 aromatic rings. The third kappa shape index (κ3) is 2.29. The highest BCUT2D eigenvalue weighted by molar-refractivity contribution is 5.77. The highest BCUT2D eigenvalue weighted by Crippen LogP contribution is 2.33. The molecule has 0 N–H and O–H groups in total. The van der Waals surface area contributed by atoms with Gasteiger partial charge in [0.05, 0.1) is 0 Å². The number of nitrogens with zero attached hydrogens (tertiary/aromatic N) is 2. The van der Waals surface area contributed by atoms with E-state index in [9.17, 15) is 4.79 Å². The van der Waals surface area contributed by atoms with Crippen LogP contribution < -0.4 is 0 Å². The van der Waals surface area contributed by atoms with Gasteiger partial charge in [0.15, 0.2) is 0 Å². The molecule has 3 heteroatoms. The third-order valence-corrected chi connectivity index (χ3v) is 5.14. The Hall–Kier alpha value is -0.570. The summed E-state index contributed by atoms with van der Waals surface area (Å²) in [4.78, 5) is 16.9. The molecule has 2 atom stereocenters. The van der Waals surface area contributed by atoms with Crippen LogP contribution in [-0.4, -0.2) is 47.4 Å². The second kappa shape index (κ2) is 5.20. The minimum absolute atomic E-state index is 0.378. The zero-order valence-electron chi connectivity index (χ0n) is 11.6. The molecule has 18 heavy (non-hydrogen) atoms. The fraction of sp³-hybridized carbons (Fsp3) is 0.933. The van der Waals surface area contributed by atoms with Gasteiger partial charge in [-0.15, -0.1) is 0 Å². The maximum absolute atomic E-state index is 12.0. The first-order valence-corrected chi connectivity index (χ1v) is 7.81. The number of amides is 1. The van der Waals surface area contributed by atoms with Crippen LogP contribution in [0.15, 0.2) is 0 Å². The first kappa shape index (κ1) is 12.5. The van der Waals surface area contributed by atoms with Crippen LogP contribution in [0.3, 0.4) is 0 Å². The molecular weight excluding hydrogens is 224 g/mol. The Bertz CT molecular complexity index is 298.